The first-order valence-electron chi connectivity index (χ1n) is 11.8. The van der Waals surface area contributed by atoms with Gasteiger partial charge in [-0.15, -0.1) is 0 Å². The van der Waals surface area contributed by atoms with Gasteiger partial charge in [0.2, 0.25) is 0 Å². The Morgan fingerprint density at radius 1 is 1.16 bits per heavy atom. The van der Waals surface area contributed by atoms with E-state index in [1.54, 1.807) is 0 Å². The highest BCUT2D eigenvalue weighted by Crippen LogP contribution is 2.26. The van der Waals surface area contributed by atoms with E-state index in [-0.39, 0.29) is 5.91 Å². The second-order valence-corrected chi connectivity index (χ2v) is 8.97. The summed E-state index contributed by atoms with van der Waals surface area (Å²) in [4.78, 5) is 15.3. The number of hydrogen-bond donors (Lipinski definition) is 1. The van der Waals surface area contributed by atoms with Crippen LogP contribution in [0.5, 0.6) is 0 Å². The summed E-state index contributed by atoms with van der Waals surface area (Å²) >= 11 is 0. The van der Waals surface area contributed by atoms with Gasteiger partial charge < -0.3 is 14.7 Å². The molecule has 1 aliphatic carbocycles. The van der Waals surface area contributed by atoms with Crippen molar-refractivity contribution in [3.05, 3.63) is 59.0 Å². The number of fused-ring (bicyclic) bond motifs is 1. The van der Waals surface area contributed by atoms with Gasteiger partial charge in [-0.05, 0) is 32.1 Å². The van der Waals surface area contributed by atoms with E-state index in [9.17, 15) is 4.79 Å². The lowest BCUT2D eigenvalue weighted by Crippen LogP contribution is -2.36. The number of amides is 1. The van der Waals surface area contributed by atoms with E-state index >= 15 is 0 Å². The molecule has 1 aromatic carbocycles. The molecule has 1 N–H and O–H groups in total. The molecule has 0 radical (unpaired) electrons. The molecule has 0 spiro atoms. The Labute approximate surface area is 188 Å². The Balaban J connectivity index is 1.25. The highest BCUT2D eigenvalue weighted by molar-refractivity contribution is 5.94. The maximum atomic E-state index is 13.3. The zero-order chi connectivity index (χ0) is 21.9. The summed E-state index contributed by atoms with van der Waals surface area (Å²) in [6.45, 7) is 2.34. The van der Waals surface area contributed by atoms with Crippen LogP contribution in [0.1, 0.15) is 59.5 Å². The number of nitrogens with one attached hydrogen (secondary N) is 1. The van der Waals surface area contributed by atoms with Crippen LogP contribution in [0.4, 0.5) is 0 Å². The summed E-state index contributed by atoms with van der Waals surface area (Å²) in [6.07, 6.45) is 7.38. The van der Waals surface area contributed by atoms with Gasteiger partial charge in [0.25, 0.3) is 5.91 Å². The molecule has 5 rings (SSSR count). The van der Waals surface area contributed by atoms with Crippen molar-refractivity contribution in [2.24, 2.45) is 7.05 Å². The molecule has 0 bridgehead atoms. The summed E-state index contributed by atoms with van der Waals surface area (Å²) in [6, 6.07) is 12.3. The number of carbonyl (C=O) groups excluding carboxylic acids is 1. The number of benzene rings is 1. The third-order valence-electron chi connectivity index (χ3n) is 6.74. The highest BCUT2D eigenvalue weighted by Gasteiger charge is 2.30. The van der Waals surface area contributed by atoms with Gasteiger partial charge in [-0.3, -0.25) is 9.48 Å². The number of hydrogen-bond acceptors (Lipinski definition) is 5. The first-order chi connectivity index (χ1) is 15.7. The topological polar surface area (TPSA) is 76.2 Å². The number of rotatable bonds is 5. The molecule has 0 saturated carbocycles. The minimum Gasteiger partial charge on any atom is -0.356 e. The molecular weight excluding hydrogens is 402 g/mol. The maximum Gasteiger partial charge on any atom is 0.274 e. The summed E-state index contributed by atoms with van der Waals surface area (Å²) in [5.41, 5.74) is 4.90. The van der Waals surface area contributed by atoms with Gasteiger partial charge >= 0.3 is 0 Å². The largest absolute Gasteiger partial charge is 0.356 e. The summed E-state index contributed by atoms with van der Waals surface area (Å²) in [5.74, 6) is 0.888. The molecule has 1 amide bonds. The number of aryl methyl sites for hydroxylation is 1. The molecule has 3 aromatic rings. The van der Waals surface area contributed by atoms with Crippen LogP contribution in [-0.4, -0.2) is 44.9 Å². The Hall–Kier alpha value is -2.93. The van der Waals surface area contributed by atoms with Crippen LogP contribution in [0.25, 0.3) is 11.3 Å². The van der Waals surface area contributed by atoms with Crippen LogP contribution in [0, 0.1) is 0 Å². The fourth-order valence-corrected chi connectivity index (χ4v) is 4.94. The van der Waals surface area contributed by atoms with Crippen molar-refractivity contribution >= 4 is 5.91 Å². The third kappa shape index (κ3) is 4.35. The smallest absolute Gasteiger partial charge is 0.274 e. The molecule has 7 heteroatoms. The van der Waals surface area contributed by atoms with Crippen molar-refractivity contribution in [1.82, 2.24) is 25.2 Å². The minimum atomic E-state index is 0.105. The Morgan fingerprint density at radius 2 is 1.94 bits per heavy atom. The van der Waals surface area contributed by atoms with Crippen molar-refractivity contribution in [2.45, 2.75) is 57.5 Å². The molecule has 7 nitrogen and oxygen atoms in total. The monoisotopic (exact) mass is 433 g/mol. The first kappa shape index (κ1) is 20.9. The predicted octanol–water partition coefficient (Wildman–Crippen LogP) is 3.74. The molecule has 1 saturated heterocycles. The molecule has 3 heterocycles. The van der Waals surface area contributed by atoms with E-state index in [0.717, 1.165) is 67.8 Å². The average molecular weight is 434 g/mol. The minimum absolute atomic E-state index is 0.105. The van der Waals surface area contributed by atoms with Crippen LogP contribution < -0.4 is 5.32 Å². The van der Waals surface area contributed by atoms with Crippen molar-refractivity contribution < 1.29 is 9.32 Å². The quantitative estimate of drug-likeness (QED) is 0.663. The predicted molar refractivity (Wildman–Crippen MR) is 122 cm³/mol. The maximum absolute atomic E-state index is 13.3. The molecule has 1 aliphatic heterocycles. The molecule has 1 fully saturated rings. The zero-order valence-electron chi connectivity index (χ0n) is 18.7. The highest BCUT2D eigenvalue weighted by atomic mass is 16.5. The van der Waals surface area contributed by atoms with E-state index in [0.29, 0.717) is 18.3 Å². The van der Waals surface area contributed by atoms with Crippen molar-refractivity contribution in [2.75, 3.05) is 13.1 Å². The van der Waals surface area contributed by atoms with Gasteiger partial charge in [-0.1, -0.05) is 48.3 Å². The molecule has 1 atom stereocenters. The second kappa shape index (κ2) is 9.28. The summed E-state index contributed by atoms with van der Waals surface area (Å²) in [7, 11) is 1.96. The van der Waals surface area contributed by atoms with Gasteiger partial charge in [-0.2, -0.15) is 5.10 Å². The van der Waals surface area contributed by atoms with Crippen molar-refractivity contribution in [3.8, 4) is 11.3 Å². The summed E-state index contributed by atoms with van der Waals surface area (Å²) < 4.78 is 7.44. The molecule has 168 valence electrons. The second-order valence-electron chi connectivity index (χ2n) is 8.97. The van der Waals surface area contributed by atoms with Crippen LogP contribution in [0.2, 0.25) is 0 Å². The SMILES string of the molecule is Cn1nc(C(=O)N2CCCCCC2)c2c1CCC(NCc1cc(-c3ccccc3)on1)C2. The molecule has 2 aromatic heterocycles. The Bertz CT molecular complexity index is 1060. The average Bonchev–Trinajstić information content (AvgIpc) is 3.32. The van der Waals surface area contributed by atoms with Crippen LogP contribution in [0.15, 0.2) is 40.9 Å². The molecule has 2 aliphatic rings. The van der Waals surface area contributed by atoms with E-state index in [4.69, 9.17) is 4.52 Å². The van der Waals surface area contributed by atoms with Crippen molar-refractivity contribution in [1.29, 1.82) is 0 Å². The number of aromatic nitrogens is 3. The normalized spacial score (nSPS) is 18.9. The van der Waals surface area contributed by atoms with E-state index in [2.05, 4.69) is 15.6 Å². The van der Waals surface area contributed by atoms with Gasteiger partial charge in [0.1, 0.15) is 0 Å². The lowest BCUT2D eigenvalue weighted by molar-refractivity contribution is 0.0753. The number of carbonyl (C=O) groups is 1. The van der Waals surface area contributed by atoms with Crippen LogP contribution in [-0.2, 0) is 26.4 Å². The third-order valence-corrected chi connectivity index (χ3v) is 6.74. The van der Waals surface area contributed by atoms with Gasteiger partial charge in [0, 0.05) is 55.6 Å². The molecule has 1 unspecified atom stereocenters. The Kier molecular flexibility index (Phi) is 6.08. The lowest BCUT2D eigenvalue weighted by atomic mass is 9.91. The fourth-order valence-electron chi connectivity index (χ4n) is 4.94. The van der Waals surface area contributed by atoms with Gasteiger partial charge in [0.15, 0.2) is 11.5 Å². The number of nitrogens with zero attached hydrogens (tertiary/aromatic N) is 4. The van der Waals surface area contributed by atoms with Crippen LogP contribution in [0.3, 0.4) is 0 Å². The molecule has 32 heavy (non-hydrogen) atoms. The Morgan fingerprint density at radius 3 is 2.72 bits per heavy atom. The summed E-state index contributed by atoms with van der Waals surface area (Å²) in [5, 5.41) is 12.5. The van der Waals surface area contributed by atoms with Crippen LogP contribution >= 0.6 is 0 Å². The zero-order valence-corrected chi connectivity index (χ0v) is 18.7. The van der Waals surface area contributed by atoms with Gasteiger partial charge in [0.05, 0.1) is 5.69 Å². The standard InChI is InChI=1S/C25H31N5O2/c1-29-22-12-11-19(26-17-20-16-23(32-28-20)18-9-5-4-6-10-18)15-21(22)24(27-29)25(31)30-13-7-2-3-8-14-30/h4-6,9-10,16,19,26H,2-3,7-8,11-15,17H2,1H3. The first-order valence-corrected chi connectivity index (χ1v) is 11.8. The van der Waals surface area contributed by atoms with Gasteiger partial charge in [-0.25, -0.2) is 0 Å². The number of likely N-dealkylation sites (tertiary alicyclic amines) is 1. The van der Waals surface area contributed by atoms with E-state index in [1.165, 1.54) is 18.5 Å². The fraction of sp³-hybridized carbons (Fsp3) is 0.480. The van der Waals surface area contributed by atoms with E-state index in [1.807, 2.05) is 53.0 Å². The molecular formula is C25H31N5O2. The van der Waals surface area contributed by atoms with Crippen molar-refractivity contribution in [3.63, 3.8) is 0 Å². The van der Waals surface area contributed by atoms with E-state index < -0.39 is 0 Å². The lowest BCUT2D eigenvalue weighted by Gasteiger charge is -2.25.